The van der Waals surface area contributed by atoms with Crippen molar-refractivity contribution in [2.24, 2.45) is 4.36 Å². The predicted octanol–water partition coefficient (Wildman–Crippen LogP) is 1.59. The molecule has 0 bridgehead atoms. The molecule has 1 saturated heterocycles. The zero-order chi connectivity index (χ0) is 10.0. The lowest BCUT2D eigenvalue weighted by Gasteiger charge is -2.17. The molecule has 0 amide bonds. The zero-order valence-corrected chi connectivity index (χ0v) is 8.79. The maximum absolute atomic E-state index is 11.8. The van der Waals surface area contributed by atoms with Gasteiger partial charge in [-0.05, 0) is 18.6 Å². The zero-order valence-electron chi connectivity index (χ0n) is 7.97. The Balaban J connectivity index is 2.42. The highest BCUT2D eigenvalue weighted by Crippen LogP contribution is 2.27. The largest absolute Gasteiger partial charge is 0.493 e. The van der Waals surface area contributed by atoms with Crippen LogP contribution >= 0.6 is 0 Å². The first-order chi connectivity index (χ1) is 6.73. The van der Waals surface area contributed by atoms with Crippen LogP contribution in [0.1, 0.15) is 6.42 Å². The van der Waals surface area contributed by atoms with Crippen molar-refractivity contribution in [3.8, 4) is 5.75 Å². The van der Waals surface area contributed by atoms with Crippen molar-refractivity contribution in [3.63, 3.8) is 0 Å². The summed E-state index contributed by atoms with van der Waals surface area (Å²) in [6, 6.07) is 3.54. The second-order valence-corrected chi connectivity index (χ2v) is 5.70. The molecule has 2 rings (SSSR count). The van der Waals surface area contributed by atoms with Gasteiger partial charge in [0.15, 0.2) is 5.75 Å². The highest BCUT2D eigenvalue weighted by atomic mass is 32.2. The van der Waals surface area contributed by atoms with Crippen LogP contribution in [0.2, 0.25) is 0 Å². The van der Waals surface area contributed by atoms with Crippen LogP contribution in [-0.4, -0.2) is 27.8 Å². The van der Waals surface area contributed by atoms with E-state index in [0.717, 1.165) is 6.42 Å². The molecule has 0 N–H and O–H groups in total. The Morgan fingerprint density at radius 1 is 1.57 bits per heavy atom. The summed E-state index contributed by atoms with van der Waals surface area (Å²) in [6.45, 7) is 0. The van der Waals surface area contributed by atoms with E-state index in [1.54, 1.807) is 25.4 Å². The van der Waals surface area contributed by atoms with Crippen LogP contribution in [0.5, 0.6) is 5.75 Å². The van der Waals surface area contributed by atoms with Gasteiger partial charge in [0.2, 0.25) is 5.82 Å². The molecular formula is C9H12N2O2S. The van der Waals surface area contributed by atoms with Crippen molar-refractivity contribution in [1.29, 1.82) is 0 Å². The Labute approximate surface area is 83.5 Å². The fraction of sp³-hybridized carbons (Fsp3) is 0.444. The highest BCUT2D eigenvalue weighted by Gasteiger charge is 2.20. The summed E-state index contributed by atoms with van der Waals surface area (Å²) in [6.07, 6.45) is 2.63. The molecule has 1 fully saturated rings. The van der Waals surface area contributed by atoms with Crippen molar-refractivity contribution in [1.82, 2.24) is 4.98 Å². The number of aromatic nitrogens is 1. The molecule has 76 valence electrons. The van der Waals surface area contributed by atoms with E-state index in [0.29, 0.717) is 23.1 Å². The van der Waals surface area contributed by atoms with Crippen molar-refractivity contribution >= 4 is 15.5 Å². The molecule has 0 spiro atoms. The lowest BCUT2D eigenvalue weighted by molar-refractivity contribution is 0.414. The number of rotatable bonds is 2. The summed E-state index contributed by atoms with van der Waals surface area (Å²) in [4.78, 5) is 4.05. The van der Waals surface area contributed by atoms with Crippen molar-refractivity contribution < 1.29 is 8.95 Å². The molecule has 1 aliphatic heterocycles. The number of pyridine rings is 1. The Kier molecular flexibility index (Phi) is 2.41. The van der Waals surface area contributed by atoms with Gasteiger partial charge in [-0.1, -0.05) is 0 Å². The maximum atomic E-state index is 11.8. The fourth-order valence-corrected chi connectivity index (χ4v) is 2.67. The minimum Gasteiger partial charge on any atom is -0.493 e. The van der Waals surface area contributed by atoms with Gasteiger partial charge in [-0.3, -0.25) is 0 Å². The van der Waals surface area contributed by atoms with E-state index in [1.807, 2.05) is 0 Å². The number of methoxy groups -OCH3 is 1. The molecule has 4 nitrogen and oxygen atoms in total. The fourth-order valence-electron chi connectivity index (χ4n) is 1.25. The lowest BCUT2D eigenvalue weighted by Crippen LogP contribution is -2.23. The van der Waals surface area contributed by atoms with Crippen LogP contribution in [-0.2, 0) is 9.73 Å². The summed E-state index contributed by atoms with van der Waals surface area (Å²) in [5.41, 5.74) is 0. The molecule has 1 aromatic heterocycles. The molecule has 0 unspecified atom stereocenters. The molecule has 0 aromatic carbocycles. The molecule has 0 radical (unpaired) electrons. The number of ether oxygens (including phenoxy) is 1. The van der Waals surface area contributed by atoms with Gasteiger partial charge in [-0.15, -0.1) is 0 Å². The molecular weight excluding hydrogens is 200 g/mol. The average molecular weight is 212 g/mol. The topological polar surface area (TPSA) is 51.6 Å². The molecule has 5 heteroatoms. The normalized spacial score (nSPS) is 18.4. The van der Waals surface area contributed by atoms with E-state index in [9.17, 15) is 4.21 Å². The number of hydrogen-bond donors (Lipinski definition) is 0. The summed E-state index contributed by atoms with van der Waals surface area (Å²) in [7, 11) is -0.433. The smallest absolute Gasteiger partial charge is 0.204 e. The number of hydrogen-bond acceptors (Lipinski definition) is 4. The molecule has 0 atom stereocenters. The van der Waals surface area contributed by atoms with Crippen LogP contribution in [0.4, 0.5) is 5.82 Å². The highest BCUT2D eigenvalue weighted by molar-refractivity contribution is 7.95. The third kappa shape index (κ3) is 1.72. The molecule has 0 aliphatic carbocycles. The van der Waals surface area contributed by atoms with Crippen molar-refractivity contribution in [2.75, 3.05) is 18.6 Å². The van der Waals surface area contributed by atoms with Gasteiger partial charge in [0, 0.05) is 17.7 Å². The summed E-state index contributed by atoms with van der Waals surface area (Å²) < 4.78 is 21.1. The maximum Gasteiger partial charge on any atom is 0.204 e. The molecule has 1 aliphatic rings. The van der Waals surface area contributed by atoms with E-state index < -0.39 is 9.73 Å². The minimum atomic E-state index is -1.99. The Morgan fingerprint density at radius 2 is 2.36 bits per heavy atom. The molecule has 0 saturated carbocycles. The Hall–Kier alpha value is -1.10. The van der Waals surface area contributed by atoms with Crippen LogP contribution in [0.25, 0.3) is 0 Å². The standard InChI is InChI=1S/C9H12N2O2S/c1-13-8-4-2-5-10-9(8)11-14(12)6-3-7-14/h2,4-5H,3,6-7H2,1H3. The van der Waals surface area contributed by atoms with Gasteiger partial charge in [-0.25, -0.2) is 9.19 Å². The SMILES string of the molecule is COc1cccnc1N=S1(=O)CCC1. The molecule has 14 heavy (non-hydrogen) atoms. The van der Waals surface area contributed by atoms with Gasteiger partial charge in [-0.2, -0.15) is 4.36 Å². The van der Waals surface area contributed by atoms with E-state index >= 15 is 0 Å². The van der Waals surface area contributed by atoms with Crippen LogP contribution < -0.4 is 4.74 Å². The van der Waals surface area contributed by atoms with E-state index in [4.69, 9.17) is 4.74 Å². The van der Waals surface area contributed by atoms with Crippen LogP contribution in [0, 0.1) is 0 Å². The van der Waals surface area contributed by atoms with E-state index in [-0.39, 0.29) is 0 Å². The van der Waals surface area contributed by atoms with Gasteiger partial charge in [0.1, 0.15) is 0 Å². The molecule has 2 heterocycles. The first-order valence-corrected chi connectivity index (χ1v) is 6.30. The monoisotopic (exact) mass is 212 g/mol. The van der Waals surface area contributed by atoms with Crippen molar-refractivity contribution in [2.45, 2.75) is 6.42 Å². The lowest BCUT2D eigenvalue weighted by atomic mass is 10.4. The second kappa shape index (κ2) is 3.57. The second-order valence-electron chi connectivity index (χ2n) is 3.15. The summed E-state index contributed by atoms with van der Waals surface area (Å²) in [5, 5.41) is 0. The van der Waals surface area contributed by atoms with E-state index in [1.165, 1.54) is 0 Å². The molecule has 1 aromatic rings. The minimum absolute atomic E-state index is 0.458. The van der Waals surface area contributed by atoms with Crippen LogP contribution in [0.15, 0.2) is 22.7 Å². The average Bonchev–Trinajstić information content (AvgIpc) is 2.16. The summed E-state index contributed by atoms with van der Waals surface area (Å²) in [5.74, 6) is 2.42. The predicted molar refractivity (Wildman–Crippen MR) is 55.4 cm³/mol. The third-order valence-corrected chi connectivity index (χ3v) is 4.51. The first-order valence-electron chi connectivity index (χ1n) is 4.45. The van der Waals surface area contributed by atoms with Gasteiger partial charge < -0.3 is 4.74 Å². The quantitative estimate of drug-likeness (QED) is 0.748. The third-order valence-electron chi connectivity index (χ3n) is 2.15. The Morgan fingerprint density at radius 3 is 2.93 bits per heavy atom. The van der Waals surface area contributed by atoms with Gasteiger partial charge in [0.25, 0.3) is 0 Å². The van der Waals surface area contributed by atoms with Gasteiger partial charge in [0.05, 0.1) is 16.8 Å². The summed E-state index contributed by atoms with van der Waals surface area (Å²) >= 11 is 0. The first kappa shape index (κ1) is 9.45. The van der Waals surface area contributed by atoms with Crippen LogP contribution in [0.3, 0.4) is 0 Å². The number of nitrogens with zero attached hydrogens (tertiary/aromatic N) is 2. The van der Waals surface area contributed by atoms with Crippen molar-refractivity contribution in [3.05, 3.63) is 18.3 Å². The van der Waals surface area contributed by atoms with Gasteiger partial charge >= 0.3 is 0 Å². The Bertz CT molecular complexity index is 440. The van der Waals surface area contributed by atoms with E-state index in [2.05, 4.69) is 9.35 Å².